The summed E-state index contributed by atoms with van der Waals surface area (Å²) >= 11 is 0. The first kappa shape index (κ1) is 18.9. The normalized spacial score (nSPS) is 15.9. The Hall–Kier alpha value is -2.89. The third-order valence-electron chi connectivity index (χ3n) is 4.91. The molecule has 1 aromatic heterocycles. The summed E-state index contributed by atoms with van der Waals surface area (Å²) in [4.78, 5) is 26.8. The molecule has 1 aliphatic heterocycles. The molecule has 2 aromatic rings. The Morgan fingerprint density at radius 1 is 1.15 bits per heavy atom. The van der Waals surface area contributed by atoms with Crippen molar-refractivity contribution in [2.45, 2.75) is 6.04 Å². The third kappa shape index (κ3) is 3.79. The molecule has 0 bridgehead atoms. The van der Waals surface area contributed by atoms with Crippen LogP contribution in [0.15, 0.2) is 39.9 Å². The van der Waals surface area contributed by atoms with Crippen LogP contribution in [0.5, 0.6) is 0 Å². The Kier molecular flexibility index (Phi) is 5.74. The summed E-state index contributed by atoms with van der Waals surface area (Å²) in [6.07, 6.45) is 0. The van der Waals surface area contributed by atoms with Gasteiger partial charge in [0.25, 0.3) is 5.56 Å². The first-order valence-electron chi connectivity index (χ1n) is 8.85. The van der Waals surface area contributed by atoms with E-state index in [1.165, 1.54) is 11.6 Å². The van der Waals surface area contributed by atoms with Gasteiger partial charge in [-0.1, -0.05) is 30.3 Å². The molecule has 1 atom stereocenters. The molecule has 8 nitrogen and oxygen atoms in total. The van der Waals surface area contributed by atoms with Crippen LogP contribution in [0, 0.1) is 11.3 Å². The molecule has 0 radical (unpaired) electrons. The summed E-state index contributed by atoms with van der Waals surface area (Å²) in [6, 6.07) is 12.0. The van der Waals surface area contributed by atoms with E-state index in [9.17, 15) is 14.9 Å². The lowest BCUT2D eigenvalue weighted by Crippen LogP contribution is -2.43. The van der Waals surface area contributed by atoms with Crippen LogP contribution in [0.3, 0.4) is 0 Å². The molecule has 1 fully saturated rings. The Morgan fingerprint density at radius 2 is 1.81 bits per heavy atom. The Bertz CT molecular complexity index is 952. The van der Waals surface area contributed by atoms with Gasteiger partial charge < -0.3 is 10.1 Å². The van der Waals surface area contributed by atoms with Crippen LogP contribution in [-0.2, 0) is 18.8 Å². The van der Waals surface area contributed by atoms with E-state index in [1.54, 1.807) is 7.05 Å². The van der Waals surface area contributed by atoms with Gasteiger partial charge >= 0.3 is 5.69 Å². The van der Waals surface area contributed by atoms with E-state index >= 15 is 0 Å². The topological polar surface area (TPSA) is 92.3 Å². The van der Waals surface area contributed by atoms with Gasteiger partial charge in [0.2, 0.25) is 0 Å². The highest BCUT2D eigenvalue weighted by Gasteiger charge is 2.24. The molecule has 0 aliphatic carbocycles. The van der Waals surface area contributed by atoms with Gasteiger partial charge in [-0.3, -0.25) is 18.8 Å². The molecule has 1 N–H and O–H groups in total. The first-order valence-corrected chi connectivity index (χ1v) is 8.85. The van der Waals surface area contributed by atoms with Crippen LogP contribution in [-0.4, -0.2) is 46.9 Å². The predicted octanol–water partition coefficient (Wildman–Crippen LogP) is 0.441. The number of hydrogen-bond acceptors (Lipinski definition) is 6. The maximum absolute atomic E-state index is 12.3. The second-order valence-corrected chi connectivity index (χ2v) is 6.50. The number of hydrogen-bond donors (Lipinski definition) is 1. The molecule has 0 amide bonds. The van der Waals surface area contributed by atoms with Crippen molar-refractivity contribution in [3.05, 3.63) is 62.3 Å². The molecule has 0 spiro atoms. The van der Waals surface area contributed by atoms with Gasteiger partial charge in [-0.15, -0.1) is 0 Å². The molecular formula is C19H23N5O3. The summed E-state index contributed by atoms with van der Waals surface area (Å²) in [5, 5.41) is 12.6. The smallest absolute Gasteiger partial charge is 0.332 e. The number of ether oxygens (including phenoxy) is 1. The quantitative estimate of drug-likeness (QED) is 0.822. The SMILES string of the molecule is Cn1c(NCC(c2ccccc2)N2CCOCC2)c(C#N)c(=O)n(C)c1=O. The number of nitriles is 1. The maximum Gasteiger partial charge on any atom is 0.332 e. The van der Waals surface area contributed by atoms with Crippen molar-refractivity contribution in [3.8, 4) is 6.07 Å². The van der Waals surface area contributed by atoms with Gasteiger partial charge in [0, 0.05) is 33.7 Å². The van der Waals surface area contributed by atoms with E-state index in [4.69, 9.17) is 4.74 Å². The fraction of sp³-hybridized carbons (Fsp3) is 0.421. The van der Waals surface area contributed by atoms with Gasteiger partial charge in [-0.05, 0) is 5.56 Å². The molecule has 1 saturated heterocycles. The van der Waals surface area contributed by atoms with E-state index in [1.807, 2.05) is 24.3 Å². The summed E-state index contributed by atoms with van der Waals surface area (Å²) in [7, 11) is 2.92. The van der Waals surface area contributed by atoms with Crippen LogP contribution in [0.1, 0.15) is 17.2 Å². The third-order valence-corrected chi connectivity index (χ3v) is 4.91. The lowest BCUT2D eigenvalue weighted by Gasteiger charge is -2.35. The van der Waals surface area contributed by atoms with Gasteiger partial charge in [0.05, 0.1) is 19.3 Å². The monoisotopic (exact) mass is 369 g/mol. The molecule has 8 heteroatoms. The highest BCUT2D eigenvalue weighted by molar-refractivity contribution is 5.51. The molecule has 3 rings (SSSR count). The minimum Gasteiger partial charge on any atom is -0.379 e. The molecule has 1 aromatic carbocycles. The summed E-state index contributed by atoms with van der Waals surface area (Å²) in [5.74, 6) is 0.250. The van der Waals surface area contributed by atoms with E-state index in [-0.39, 0.29) is 17.4 Å². The van der Waals surface area contributed by atoms with Crippen molar-refractivity contribution >= 4 is 5.82 Å². The molecule has 142 valence electrons. The summed E-state index contributed by atoms with van der Waals surface area (Å²) in [6.45, 7) is 3.37. The number of aromatic nitrogens is 2. The molecular weight excluding hydrogens is 346 g/mol. The minimum absolute atomic E-state index is 0.0285. The minimum atomic E-state index is -0.592. The zero-order valence-electron chi connectivity index (χ0n) is 15.5. The van der Waals surface area contributed by atoms with Crippen molar-refractivity contribution in [1.82, 2.24) is 14.0 Å². The van der Waals surface area contributed by atoms with Gasteiger partial charge in [0.15, 0.2) is 5.56 Å². The molecule has 0 saturated carbocycles. The molecule has 1 aliphatic rings. The van der Waals surface area contributed by atoms with Crippen molar-refractivity contribution in [2.75, 3.05) is 38.2 Å². The second-order valence-electron chi connectivity index (χ2n) is 6.50. The fourth-order valence-corrected chi connectivity index (χ4v) is 3.37. The average molecular weight is 369 g/mol. The predicted molar refractivity (Wildman–Crippen MR) is 102 cm³/mol. The lowest BCUT2D eigenvalue weighted by atomic mass is 10.0. The van der Waals surface area contributed by atoms with Crippen LogP contribution >= 0.6 is 0 Å². The van der Waals surface area contributed by atoms with E-state index in [0.29, 0.717) is 19.8 Å². The van der Waals surface area contributed by atoms with Crippen LogP contribution < -0.4 is 16.6 Å². The summed E-state index contributed by atoms with van der Waals surface area (Å²) < 4.78 is 7.71. The van der Waals surface area contributed by atoms with E-state index < -0.39 is 11.2 Å². The lowest BCUT2D eigenvalue weighted by molar-refractivity contribution is 0.0187. The highest BCUT2D eigenvalue weighted by atomic mass is 16.5. The van der Waals surface area contributed by atoms with Crippen molar-refractivity contribution in [1.29, 1.82) is 5.26 Å². The van der Waals surface area contributed by atoms with Crippen molar-refractivity contribution in [2.24, 2.45) is 14.1 Å². The highest BCUT2D eigenvalue weighted by Crippen LogP contribution is 2.22. The van der Waals surface area contributed by atoms with Crippen molar-refractivity contribution < 1.29 is 4.74 Å². The molecule has 27 heavy (non-hydrogen) atoms. The van der Waals surface area contributed by atoms with Crippen molar-refractivity contribution in [3.63, 3.8) is 0 Å². The second kappa shape index (κ2) is 8.20. The standard InChI is InChI=1S/C19H23N5O3/c1-22-17(15(12-20)18(25)23(2)19(22)26)21-13-16(14-6-4-3-5-7-14)24-8-10-27-11-9-24/h3-7,16,21H,8-11,13H2,1-2H3. The number of nitrogens with one attached hydrogen (secondary N) is 1. The van der Waals surface area contributed by atoms with Gasteiger partial charge in [0.1, 0.15) is 11.9 Å². The van der Waals surface area contributed by atoms with Crippen LogP contribution in [0.2, 0.25) is 0 Å². The maximum atomic E-state index is 12.3. The van der Waals surface area contributed by atoms with Gasteiger partial charge in [-0.2, -0.15) is 5.26 Å². The number of anilines is 1. The zero-order chi connectivity index (χ0) is 19.4. The van der Waals surface area contributed by atoms with E-state index in [0.717, 1.165) is 23.2 Å². The Balaban J connectivity index is 1.94. The first-order chi connectivity index (χ1) is 13.0. The van der Waals surface area contributed by atoms with Crippen LogP contribution in [0.25, 0.3) is 0 Å². The largest absolute Gasteiger partial charge is 0.379 e. The number of nitrogens with zero attached hydrogens (tertiary/aromatic N) is 4. The fourth-order valence-electron chi connectivity index (χ4n) is 3.37. The van der Waals surface area contributed by atoms with E-state index in [2.05, 4.69) is 22.3 Å². The molecule has 1 unspecified atom stereocenters. The Labute approximate surface area is 157 Å². The van der Waals surface area contributed by atoms with Crippen LogP contribution in [0.4, 0.5) is 5.82 Å². The average Bonchev–Trinajstić information content (AvgIpc) is 2.72. The number of morpholine rings is 1. The zero-order valence-corrected chi connectivity index (χ0v) is 15.5. The van der Waals surface area contributed by atoms with Gasteiger partial charge in [-0.25, -0.2) is 4.79 Å². The Morgan fingerprint density at radius 3 is 2.44 bits per heavy atom. The number of rotatable bonds is 5. The molecule has 2 heterocycles. The number of benzene rings is 1. The summed E-state index contributed by atoms with van der Waals surface area (Å²) in [5.41, 5.74) is 0.00231.